The number of ketones is 1. The molecule has 0 aromatic heterocycles. The number of benzene rings is 2. The predicted molar refractivity (Wildman–Crippen MR) is 106 cm³/mol. The van der Waals surface area contributed by atoms with Crippen molar-refractivity contribution in [3.63, 3.8) is 0 Å². The summed E-state index contributed by atoms with van der Waals surface area (Å²) in [5.74, 6) is -1.89. The first kappa shape index (κ1) is 19.3. The quantitative estimate of drug-likeness (QED) is 0.625. The summed E-state index contributed by atoms with van der Waals surface area (Å²) in [5.41, 5.74) is 5.83. The largest absolute Gasteiger partial charge is 0.369 e. The van der Waals surface area contributed by atoms with E-state index in [1.165, 1.54) is 6.07 Å². The molecular formula is C23H23FN2O3. The first-order chi connectivity index (χ1) is 13.9. The van der Waals surface area contributed by atoms with Crippen LogP contribution >= 0.6 is 0 Å². The topological polar surface area (TPSA) is 80.5 Å². The van der Waals surface area contributed by atoms with Crippen molar-refractivity contribution in [3.05, 3.63) is 59.9 Å². The molecule has 2 fully saturated rings. The minimum atomic E-state index is -1.08. The Morgan fingerprint density at radius 3 is 2.41 bits per heavy atom. The number of amides is 2. The molecule has 1 aliphatic heterocycles. The van der Waals surface area contributed by atoms with Crippen LogP contribution in [-0.2, 0) is 9.59 Å². The van der Waals surface area contributed by atoms with Gasteiger partial charge >= 0.3 is 0 Å². The van der Waals surface area contributed by atoms with E-state index in [0.717, 1.165) is 5.56 Å². The molecule has 29 heavy (non-hydrogen) atoms. The summed E-state index contributed by atoms with van der Waals surface area (Å²) in [6, 6.07) is 13.7. The zero-order chi connectivity index (χ0) is 20.6. The Balaban J connectivity index is 1.50. The van der Waals surface area contributed by atoms with Gasteiger partial charge in [-0.15, -0.1) is 0 Å². The van der Waals surface area contributed by atoms with E-state index in [1.807, 2.05) is 30.3 Å². The highest BCUT2D eigenvalue weighted by Gasteiger charge is 2.57. The van der Waals surface area contributed by atoms with Crippen molar-refractivity contribution in [1.29, 1.82) is 0 Å². The van der Waals surface area contributed by atoms with E-state index in [0.29, 0.717) is 43.4 Å². The van der Waals surface area contributed by atoms with Crippen molar-refractivity contribution in [3.8, 4) is 11.1 Å². The summed E-state index contributed by atoms with van der Waals surface area (Å²) in [6.45, 7) is 0.758. The number of Topliss-reactive ketones (excluding diaryl/α,β-unsaturated/α-hetero) is 1. The van der Waals surface area contributed by atoms with Gasteiger partial charge in [0.15, 0.2) is 5.78 Å². The van der Waals surface area contributed by atoms with E-state index in [4.69, 9.17) is 5.73 Å². The highest BCUT2D eigenvalue weighted by atomic mass is 19.1. The molecule has 0 bridgehead atoms. The maximum atomic E-state index is 14.7. The average Bonchev–Trinajstić information content (AvgIpc) is 3.55. The van der Waals surface area contributed by atoms with Gasteiger partial charge in [-0.05, 0) is 37.3 Å². The Labute approximate surface area is 168 Å². The molecule has 0 spiro atoms. The molecule has 2 amide bonds. The molecule has 4 rings (SSSR count). The molecule has 1 saturated heterocycles. The van der Waals surface area contributed by atoms with Gasteiger partial charge in [-0.3, -0.25) is 14.4 Å². The van der Waals surface area contributed by atoms with Crippen molar-refractivity contribution in [2.24, 2.45) is 17.1 Å². The third kappa shape index (κ3) is 3.55. The number of nitrogens with two attached hydrogens (primary N) is 1. The molecule has 2 aromatic rings. The van der Waals surface area contributed by atoms with Crippen molar-refractivity contribution in [2.45, 2.75) is 25.7 Å². The maximum absolute atomic E-state index is 14.7. The number of likely N-dealkylation sites (tertiary alicyclic amines) is 1. The summed E-state index contributed by atoms with van der Waals surface area (Å²) in [4.78, 5) is 38.9. The number of carbonyl (C=O) groups excluding carboxylic acids is 3. The van der Waals surface area contributed by atoms with Crippen LogP contribution in [0.3, 0.4) is 0 Å². The summed E-state index contributed by atoms with van der Waals surface area (Å²) < 4.78 is 14.7. The molecule has 5 nitrogen and oxygen atoms in total. The van der Waals surface area contributed by atoms with Gasteiger partial charge in [-0.2, -0.15) is 0 Å². The summed E-state index contributed by atoms with van der Waals surface area (Å²) in [7, 11) is 0. The van der Waals surface area contributed by atoms with Crippen molar-refractivity contribution in [2.75, 3.05) is 13.1 Å². The normalized spacial score (nSPS) is 20.2. The molecule has 1 atom stereocenters. The molecule has 0 radical (unpaired) electrons. The predicted octanol–water partition coefficient (Wildman–Crippen LogP) is 3.18. The molecule has 2 aromatic carbocycles. The van der Waals surface area contributed by atoms with Crippen LogP contribution in [-0.4, -0.2) is 35.6 Å². The molecular weight excluding hydrogens is 371 g/mol. The Kier molecular flexibility index (Phi) is 4.94. The average molecular weight is 394 g/mol. The lowest BCUT2D eigenvalue weighted by Gasteiger charge is -2.34. The number of piperidine rings is 1. The van der Waals surface area contributed by atoms with Crippen LogP contribution in [0.5, 0.6) is 0 Å². The number of carbonyl (C=O) groups is 3. The maximum Gasteiger partial charge on any atom is 0.238 e. The van der Waals surface area contributed by atoms with Gasteiger partial charge < -0.3 is 10.6 Å². The zero-order valence-corrected chi connectivity index (χ0v) is 16.1. The second-order valence-corrected chi connectivity index (χ2v) is 7.96. The standard InChI is InChI=1S/C23H23FN2O3/c24-19-13-16(8-9-18(19)15-5-2-1-3-6-15)20(27)17-7-4-12-26(14-17)22(29)23(10-11-23)21(25)28/h1-3,5-6,8-9,13,17H,4,7,10-12,14H2,(H2,25,28)/t17-/m0/s1. The molecule has 2 aliphatic rings. The van der Waals surface area contributed by atoms with E-state index in [1.54, 1.807) is 17.0 Å². The Morgan fingerprint density at radius 1 is 1.07 bits per heavy atom. The first-order valence-electron chi connectivity index (χ1n) is 9.91. The SMILES string of the molecule is NC(=O)C1(C(=O)N2CCC[C@H](C(=O)c3ccc(-c4ccccc4)c(F)c3)C2)CC1. The van der Waals surface area contributed by atoms with Gasteiger partial charge in [-0.25, -0.2) is 4.39 Å². The number of rotatable bonds is 5. The van der Waals surface area contributed by atoms with Crippen LogP contribution in [0.2, 0.25) is 0 Å². The first-order valence-corrected chi connectivity index (χ1v) is 9.91. The molecule has 6 heteroatoms. The summed E-state index contributed by atoms with van der Waals surface area (Å²) in [5, 5.41) is 0. The molecule has 150 valence electrons. The molecule has 1 heterocycles. The lowest BCUT2D eigenvalue weighted by Crippen LogP contribution is -2.48. The second-order valence-electron chi connectivity index (χ2n) is 7.96. The van der Waals surface area contributed by atoms with E-state index in [-0.39, 0.29) is 18.2 Å². The highest BCUT2D eigenvalue weighted by molar-refractivity contribution is 6.07. The highest BCUT2D eigenvalue weighted by Crippen LogP contribution is 2.47. The van der Waals surface area contributed by atoms with Gasteiger partial charge in [0.1, 0.15) is 11.2 Å². The lowest BCUT2D eigenvalue weighted by atomic mass is 9.88. The third-order valence-corrected chi connectivity index (χ3v) is 6.05. The number of hydrogen-bond acceptors (Lipinski definition) is 3. The van der Waals surface area contributed by atoms with Gasteiger partial charge in [0.2, 0.25) is 11.8 Å². The Bertz CT molecular complexity index is 969. The summed E-state index contributed by atoms with van der Waals surface area (Å²) >= 11 is 0. The number of halogens is 1. The lowest BCUT2D eigenvalue weighted by molar-refractivity contribution is -0.144. The van der Waals surface area contributed by atoms with Crippen LogP contribution in [0.15, 0.2) is 48.5 Å². The Morgan fingerprint density at radius 2 is 1.79 bits per heavy atom. The van der Waals surface area contributed by atoms with Crippen molar-refractivity contribution < 1.29 is 18.8 Å². The smallest absolute Gasteiger partial charge is 0.238 e. The van der Waals surface area contributed by atoms with Gasteiger partial charge in [0.05, 0.1) is 0 Å². The van der Waals surface area contributed by atoms with Crippen molar-refractivity contribution >= 4 is 17.6 Å². The molecule has 1 aliphatic carbocycles. The van der Waals surface area contributed by atoms with Crippen LogP contribution < -0.4 is 5.73 Å². The van der Waals surface area contributed by atoms with Crippen molar-refractivity contribution in [1.82, 2.24) is 4.90 Å². The van der Waals surface area contributed by atoms with E-state index >= 15 is 0 Å². The van der Waals surface area contributed by atoms with E-state index < -0.39 is 23.1 Å². The van der Waals surface area contributed by atoms with Crippen LogP contribution in [0.25, 0.3) is 11.1 Å². The number of hydrogen-bond donors (Lipinski definition) is 1. The Hall–Kier alpha value is -3.02. The van der Waals surface area contributed by atoms with E-state index in [9.17, 15) is 18.8 Å². The number of nitrogens with zero attached hydrogens (tertiary/aromatic N) is 1. The van der Waals surface area contributed by atoms with Gasteiger partial charge in [0, 0.05) is 30.1 Å². The fourth-order valence-electron chi connectivity index (χ4n) is 4.12. The fourth-order valence-corrected chi connectivity index (χ4v) is 4.12. The second kappa shape index (κ2) is 7.43. The van der Waals surface area contributed by atoms with Gasteiger partial charge in [-0.1, -0.05) is 42.5 Å². The van der Waals surface area contributed by atoms with Crippen LogP contribution in [0, 0.1) is 17.2 Å². The molecule has 0 unspecified atom stereocenters. The van der Waals surface area contributed by atoms with Crippen LogP contribution in [0.1, 0.15) is 36.0 Å². The number of primary amides is 1. The minimum absolute atomic E-state index is 0.176. The third-order valence-electron chi connectivity index (χ3n) is 6.05. The minimum Gasteiger partial charge on any atom is -0.369 e. The summed E-state index contributed by atoms with van der Waals surface area (Å²) in [6.07, 6.45) is 2.25. The molecule has 2 N–H and O–H groups in total. The van der Waals surface area contributed by atoms with Gasteiger partial charge in [0.25, 0.3) is 0 Å². The molecule has 1 saturated carbocycles. The fraction of sp³-hybridized carbons (Fsp3) is 0.348. The zero-order valence-electron chi connectivity index (χ0n) is 16.1. The van der Waals surface area contributed by atoms with Crippen LogP contribution in [0.4, 0.5) is 4.39 Å². The van der Waals surface area contributed by atoms with E-state index in [2.05, 4.69) is 0 Å². The monoisotopic (exact) mass is 394 g/mol.